The number of hydrogen-bond donors (Lipinski definition) is 1. The molecule has 1 atom stereocenters. The maximum atomic E-state index is 12.9. The molecule has 0 aromatic heterocycles. The number of ether oxygens (including phenoxy) is 2. The fraction of sp³-hybridized carbons (Fsp3) is 0.182. The number of rotatable bonds is 4. The molecule has 1 aliphatic rings. The van der Waals surface area contributed by atoms with E-state index in [1.54, 1.807) is 30.1 Å². The normalized spacial score (nSPS) is 15.5. The van der Waals surface area contributed by atoms with Crippen LogP contribution in [-0.4, -0.2) is 38.1 Å². The topological polar surface area (TPSA) is 67.9 Å². The van der Waals surface area contributed by atoms with Crippen LogP contribution in [-0.2, 0) is 9.59 Å². The fourth-order valence-corrected chi connectivity index (χ4v) is 3.31. The molecule has 1 heterocycles. The Morgan fingerprint density at radius 3 is 2.68 bits per heavy atom. The van der Waals surface area contributed by atoms with Gasteiger partial charge in [-0.1, -0.05) is 48.5 Å². The van der Waals surface area contributed by atoms with Crippen molar-refractivity contribution in [2.24, 2.45) is 0 Å². The summed E-state index contributed by atoms with van der Waals surface area (Å²) < 4.78 is 11.6. The maximum Gasteiger partial charge on any atom is 0.265 e. The molecule has 0 saturated heterocycles. The summed E-state index contributed by atoms with van der Waals surface area (Å²) in [5, 5.41) is 4.56. The molecule has 2 amide bonds. The second kappa shape index (κ2) is 7.60. The van der Waals surface area contributed by atoms with Crippen LogP contribution >= 0.6 is 0 Å². The Morgan fingerprint density at radius 1 is 1.07 bits per heavy atom. The average molecular weight is 376 g/mol. The minimum atomic E-state index is -0.763. The molecule has 4 rings (SSSR count). The molecule has 0 saturated carbocycles. The predicted molar refractivity (Wildman–Crippen MR) is 107 cm³/mol. The van der Waals surface area contributed by atoms with E-state index < -0.39 is 6.10 Å². The van der Waals surface area contributed by atoms with Gasteiger partial charge in [0.15, 0.2) is 12.7 Å². The number of carbonyl (C=O) groups is 2. The van der Waals surface area contributed by atoms with Crippen molar-refractivity contribution in [1.29, 1.82) is 0 Å². The minimum absolute atomic E-state index is 0.133. The van der Waals surface area contributed by atoms with Crippen molar-refractivity contribution in [1.82, 2.24) is 5.32 Å². The number of likely N-dealkylation sites (N-methyl/N-ethyl adjacent to an activating group) is 1. The number of nitrogens with zero attached hydrogens (tertiary/aromatic N) is 1. The van der Waals surface area contributed by atoms with E-state index in [2.05, 4.69) is 5.32 Å². The van der Waals surface area contributed by atoms with Crippen LogP contribution in [0.1, 0.15) is 0 Å². The van der Waals surface area contributed by atoms with Crippen LogP contribution in [0, 0.1) is 0 Å². The molecule has 1 aliphatic heterocycles. The van der Waals surface area contributed by atoms with Crippen molar-refractivity contribution in [2.75, 3.05) is 25.1 Å². The number of fused-ring (bicyclic) bond motifs is 2. The predicted octanol–water partition coefficient (Wildman–Crippen LogP) is 2.76. The standard InChI is InChI=1S/C22H20N2O4/c1-23-22(26)20-13-24(17-10-4-5-11-19(17)28-20)21(25)14-27-18-12-6-8-15-7-2-3-9-16(15)18/h2-12,20H,13-14H2,1H3,(H,23,26)/t20-/m0/s1. The van der Waals surface area contributed by atoms with Gasteiger partial charge in [-0.25, -0.2) is 0 Å². The molecule has 6 heteroatoms. The summed E-state index contributed by atoms with van der Waals surface area (Å²) in [6.45, 7) is -0.00275. The highest BCUT2D eigenvalue weighted by molar-refractivity contribution is 5.98. The lowest BCUT2D eigenvalue weighted by molar-refractivity contribution is -0.128. The number of anilines is 1. The van der Waals surface area contributed by atoms with Gasteiger partial charge in [0.25, 0.3) is 11.8 Å². The van der Waals surface area contributed by atoms with Crippen molar-refractivity contribution in [3.63, 3.8) is 0 Å². The largest absolute Gasteiger partial charge is 0.483 e. The van der Waals surface area contributed by atoms with Gasteiger partial charge in [-0.05, 0) is 23.6 Å². The molecule has 1 N–H and O–H groups in total. The molecule has 0 bridgehead atoms. The highest BCUT2D eigenvalue weighted by atomic mass is 16.5. The van der Waals surface area contributed by atoms with Crippen LogP contribution in [0.15, 0.2) is 66.7 Å². The van der Waals surface area contributed by atoms with E-state index in [4.69, 9.17) is 9.47 Å². The van der Waals surface area contributed by atoms with Crippen LogP contribution in [0.5, 0.6) is 11.5 Å². The van der Waals surface area contributed by atoms with Crippen LogP contribution in [0.4, 0.5) is 5.69 Å². The van der Waals surface area contributed by atoms with Gasteiger partial charge >= 0.3 is 0 Å². The summed E-state index contributed by atoms with van der Waals surface area (Å²) in [7, 11) is 1.54. The zero-order valence-corrected chi connectivity index (χ0v) is 15.4. The fourth-order valence-electron chi connectivity index (χ4n) is 3.31. The third-order valence-electron chi connectivity index (χ3n) is 4.71. The highest BCUT2D eigenvalue weighted by Crippen LogP contribution is 2.33. The number of nitrogens with one attached hydrogen (secondary N) is 1. The maximum absolute atomic E-state index is 12.9. The van der Waals surface area contributed by atoms with E-state index >= 15 is 0 Å². The smallest absolute Gasteiger partial charge is 0.265 e. The third kappa shape index (κ3) is 3.36. The van der Waals surface area contributed by atoms with E-state index in [1.807, 2.05) is 48.5 Å². The first-order chi connectivity index (χ1) is 13.7. The van der Waals surface area contributed by atoms with Crippen molar-refractivity contribution in [3.05, 3.63) is 66.7 Å². The van der Waals surface area contributed by atoms with E-state index in [0.29, 0.717) is 17.2 Å². The van der Waals surface area contributed by atoms with Gasteiger partial charge in [0, 0.05) is 12.4 Å². The number of benzene rings is 3. The first kappa shape index (κ1) is 17.9. The summed E-state index contributed by atoms with van der Waals surface area (Å²) in [6.07, 6.45) is -0.763. The zero-order chi connectivity index (χ0) is 19.5. The van der Waals surface area contributed by atoms with Crippen molar-refractivity contribution in [2.45, 2.75) is 6.10 Å². The molecule has 0 fully saturated rings. The van der Waals surface area contributed by atoms with Crippen molar-refractivity contribution in [3.8, 4) is 11.5 Å². The number of hydrogen-bond acceptors (Lipinski definition) is 4. The monoisotopic (exact) mass is 376 g/mol. The lowest BCUT2D eigenvalue weighted by Crippen LogP contribution is -2.51. The van der Waals surface area contributed by atoms with E-state index in [0.717, 1.165) is 10.8 Å². The Hall–Kier alpha value is -3.54. The van der Waals surface area contributed by atoms with Crippen LogP contribution in [0.3, 0.4) is 0 Å². The first-order valence-electron chi connectivity index (χ1n) is 9.05. The Balaban J connectivity index is 1.56. The SMILES string of the molecule is CNC(=O)[C@@H]1CN(C(=O)COc2cccc3ccccc23)c2ccccc2O1. The van der Waals surface area contributed by atoms with E-state index in [-0.39, 0.29) is 25.0 Å². The molecular weight excluding hydrogens is 356 g/mol. The van der Waals surface area contributed by atoms with Gasteiger partial charge in [0.2, 0.25) is 0 Å². The zero-order valence-electron chi connectivity index (χ0n) is 15.4. The molecule has 0 radical (unpaired) electrons. The quantitative estimate of drug-likeness (QED) is 0.760. The molecule has 0 aliphatic carbocycles. The number of amides is 2. The van der Waals surface area contributed by atoms with Crippen LogP contribution < -0.4 is 19.7 Å². The van der Waals surface area contributed by atoms with Gasteiger partial charge in [0.05, 0.1) is 12.2 Å². The summed E-state index contributed by atoms with van der Waals surface area (Å²) in [4.78, 5) is 26.6. The first-order valence-corrected chi connectivity index (χ1v) is 9.05. The average Bonchev–Trinajstić information content (AvgIpc) is 2.76. The molecule has 28 heavy (non-hydrogen) atoms. The van der Waals surface area contributed by atoms with Crippen LogP contribution in [0.25, 0.3) is 10.8 Å². The minimum Gasteiger partial charge on any atom is -0.483 e. The Kier molecular flexibility index (Phi) is 4.85. The Bertz CT molecular complexity index is 1030. The van der Waals surface area contributed by atoms with E-state index in [1.165, 1.54) is 0 Å². The molecule has 3 aromatic rings. The third-order valence-corrected chi connectivity index (χ3v) is 4.71. The lowest BCUT2D eigenvalue weighted by atomic mass is 10.1. The van der Waals surface area contributed by atoms with Crippen molar-refractivity contribution < 1.29 is 19.1 Å². The summed E-state index contributed by atoms with van der Waals surface area (Å²) in [5.41, 5.74) is 0.633. The summed E-state index contributed by atoms with van der Waals surface area (Å²) in [5.74, 6) is 0.636. The highest BCUT2D eigenvalue weighted by Gasteiger charge is 2.33. The molecule has 0 unspecified atom stereocenters. The second-order valence-corrected chi connectivity index (χ2v) is 6.46. The van der Waals surface area contributed by atoms with Gasteiger partial charge in [-0.15, -0.1) is 0 Å². The van der Waals surface area contributed by atoms with Gasteiger partial charge in [-0.2, -0.15) is 0 Å². The second-order valence-electron chi connectivity index (χ2n) is 6.46. The number of carbonyl (C=O) groups excluding carboxylic acids is 2. The van der Waals surface area contributed by atoms with Gasteiger partial charge in [-0.3, -0.25) is 9.59 Å². The molecule has 6 nitrogen and oxygen atoms in total. The molecule has 3 aromatic carbocycles. The molecular formula is C22H20N2O4. The Labute approximate surface area is 162 Å². The van der Waals surface area contributed by atoms with Gasteiger partial charge in [0.1, 0.15) is 11.5 Å². The summed E-state index contributed by atoms with van der Waals surface area (Å²) >= 11 is 0. The summed E-state index contributed by atoms with van der Waals surface area (Å²) in [6, 6.07) is 20.8. The van der Waals surface area contributed by atoms with Crippen molar-refractivity contribution >= 4 is 28.3 Å². The van der Waals surface area contributed by atoms with E-state index in [9.17, 15) is 9.59 Å². The lowest BCUT2D eigenvalue weighted by Gasteiger charge is -2.33. The van der Waals surface area contributed by atoms with Gasteiger partial charge < -0.3 is 19.7 Å². The van der Waals surface area contributed by atoms with Crippen LogP contribution in [0.2, 0.25) is 0 Å². The molecule has 142 valence electrons. The molecule has 0 spiro atoms. The Morgan fingerprint density at radius 2 is 1.82 bits per heavy atom. The number of para-hydroxylation sites is 2.